The molecule has 16 heavy (non-hydrogen) atoms. The highest BCUT2D eigenvalue weighted by Crippen LogP contribution is 2.13. The van der Waals surface area contributed by atoms with Crippen LogP contribution in [0.3, 0.4) is 0 Å². The number of hydrogen-bond donors (Lipinski definition) is 1. The van der Waals surface area contributed by atoms with Crippen molar-refractivity contribution >= 4 is 5.91 Å². The zero-order chi connectivity index (χ0) is 12.0. The fourth-order valence-corrected chi connectivity index (χ4v) is 1.18. The lowest BCUT2D eigenvalue weighted by Gasteiger charge is -2.13. The summed E-state index contributed by atoms with van der Waals surface area (Å²) in [4.78, 5) is 11.4. The van der Waals surface area contributed by atoms with Crippen LogP contribution in [-0.4, -0.2) is 18.6 Å². The third-order valence-corrected chi connectivity index (χ3v) is 2.02. The third-order valence-electron chi connectivity index (χ3n) is 2.02. The van der Waals surface area contributed by atoms with E-state index in [1.807, 2.05) is 13.0 Å². The molecule has 0 fully saturated rings. The van der Waals surface area contributed by atoms with Gasteiger partial charge in [0.1, 0.15) is 5.75 Å². The Morgan fingerprint density at radius 2 is 2.12 bits per heavy atom. The van der Waals surface area contributed by atoms with Gasteiger partial charge in [0, 0.05) is 6.54 Å². The fraction of sp³-hybridized carbons (Fsp3) is 0.333. The Morgan fingerprint density at radius 3 is 2.62 bits per heavy atom. The summed E-state index contributed by atoms with van der Waals surface area (Å²) in [5.74, 6) is 0.435. The number of ether oxygens (including phenoxy) is 1. The molecule has 1 aromatic rings. The zero-order valence-electron chi connectivity index (χ0n) is 9.36. The molecule has 0 unspecified atom stereocenters. The largest absolute Gasteiger partial charge is 0.481 e. The molecule has 0 aromatic heterocycles. The molecule has 0 aliphatic rings. The zero-order valence-corrected chi connectivity index (χ0v) is 9.36. The van der Waals surface area contributed by atoms with Gasteiger partial charge in [-0.05, 0) is 38.1 Å². The second kappa shape index (κ2) is 5.76. The number of likely N-dealkylation sites (N-methyl/N-ethyl adjacent to an activating group) is 1. The van der Waals surface area contributed by atoms with E-state index in [2.05, 4.69) is 5.32 Å². The molecule has 0 spiro atoms. The Morgan fingerprint density at radius 1 is 1.50 bits per heavy atom. The van der Waals surface area contributed by atoms with E-state index in [1.54, 1.807) is 31.2 Å². The van der Waals surface area contributed by atoms with Crippen LogP contribution < -0.4 is 10.1 Å². The van der Waals surface area contributed by atoms with Gasteiger partial charge in [-0.1, -0.05) is 0 Å². The van der Waals surface area contributed by atoms with Crippen LogP contribution in [0.1, 0.15) is 19.4 Å². The number of carbonyl (C=O) groups is 1. The normalized spacial score (nSPS) is 11.3. The molecule has 0 saturated heterocycles. The molecule has 0 heterocycles. The lowest BCUT2D eigenvalue weighted by molar-refractivity contribution is -0.127. The van der Waals surface area contributed by atoms with Gasteiger partial charge in [-0.25, -0.2) is 0 Å². The van der Waals surface area contributed by atoms with E-state index in [9.17, 15) is 4.79 Å². The Bertz CT molecular complexity index is 392. The second-order valence-electron chi connectivity index (χ2n) is 3.29. The van der Waals surface area contributed by atoms with E-state index in [-0.39, 0.29) is 5.91 Å². The number of carbonyl (C=O) groups excluding carboxylic acids is 1. The van der Waals surface area contributed by atoms with Crippen molar-refractivity contribution < 1.29 is 9.53 Å². The standard InChI is InChI=1S/C12H14N2O2/c1-3-14-12(15)9(2)16-11-6-4-10(8-13)5-7-11/h4-7,9H,3H2,1-2H3,(H,14,15)/t9-/m0/s1. The average molecular weight is 218 g/mol. The van der Waals surface area contributed by atoms with Gasteiger partial charge >= 0.3 is 0 Å². The van der Waals surface area contributed by atoms with Crippen molar-refractivity contribution in [3.8, 4) is 11.8 Å². The number of hydrogen-bond acceptors (Lipinski definition) is 3. The minimum absolute atomic E-state index is 0.146. The van der Waals surface area contributed by atoms with Crippen LogP contribution in [-0.2, 0) is 4.79 Å². The van der Waals surface area contributed by atoms with Crippen molar-refractivity contribution in [3.63, 3.8) is 0 Å². The van der Waals surface area contributed by atoms with Gasteiger partial charge in [0.05, 0.1) is 11.6 Å². The summed E-state index contributed by atoms with van der Waals surface area (Å²) in [6.45, 7) is 4.12. The molecule has 0 aliphatic heterocycles. The first kappa shape index (κ1) is 12.1. The second-order valence-corrected chi connectivity index (χ2v) is 3.29. The van der Waals surface area contributed by atoms with Gasteiger partial charge in [-0.15, -0.1) is 0 Å². The molecule has 1 N–H and O–H groups in total. The van der Waals surface area contributed by atoms with Gasteiger partial charge in [0.2, 0.25) is 0 Å². The van der Waals surface area contributed by atoms with Gasteiger partial charge in [-0.2, -0.15) is 5.26 Å². The summed E-state index contributed by atoms with van der Waals surface area (Å²) < 4.78 is 5.41. The average Bonchev–Trinajstić information content (AvgIpc) is 2.30. The molecule has 1 rings (SSSR count). The minimum atomic E-state index is -0.534. The summed E-state index contributed by atoms with van der Waals surface area (Å²) in [7, 11) is 0. The molecule has 4 nitrogen and oxygen atoms in total. The summed E-state index contributed by atoms with van der Waals surface area (Å²) in [6.07, 6.45) is -0.534. The topological polar surface area (TPSA) is 62.1 Å². The first-order valence-corrected chi connectivity index (χ1v) is 5.12. The fourth-order valence-electron chi connectivity index (χ4n) is 1.18. The Labute approximate surface area is 94.8 Å². The van der Waals surface area contributed by atoms with Crippen LogP contribution in [0.2, 0.25) is 0 Å². The number of amides is 1. The first-order valence-electron chi connectivity index (χ1n) is 5.12. The highest BCUT2D eigenvalue weighted by molar-refractivity contribution is 5.80. The highest BCUT2D eigenvalue weighted by Gasteiger charge is 2.12. The van der Waals surface area contributed by atoms with Crippen LogP contribution in [0, 0.1) is 11.3 Å². The Balaban J connectivity index is 2.59. The maximum absolute atomic E-state index is 11.4. The molecule has 4 heteroatoms. The predicted molar refractivity (Wildman–Crippen MR) is 59.9 cm³/mol. The number of benzene rings is 1. The van der Waals surface area contributed by atoms with Crippen LogP contribution in [0.5, 0.6) is 5.75 Å². The molecular formula is C12H14N2O2. The van der Waals surface area contributed by atoms with Crippen LogP contribution in [0.25, 0.3) is 0 Å². The number of nitriles is 1. The van der Waals surface area contributed by atoms with Crippen molar-refractivity contribution in [2.45, 2.75) is 20.0 Å². The maximum Gasteiger partial charge on any atom is 0.260 e. The molecule has 84 valence electrons. The molecule has 1 amide bonds. The van der Waals surface area contributed by atoms with E-state index in [4.69, 9.17) is 10.00 Å². The van der Waals surface area contributed by atoms with Gasteiger partial charge in [0.15, 0.2) is 6.10 Å². The van der Waals surface area contributed by atoms with Crippen molar-refractivity contribution in [2.24, 2.45) is 0 Å². The van der Waals surface area contributed by atoms with Crippen molar-refractivity contribution in [1.82, 2.24) is 5.32 Å². The van der Waals surface area contributed by atoms with E-state index < -0.39 is 6.10 Å². The summed E-state index contributed by atoms with van der Waals surface area (Å²) >= 11 is 0. The van der Waals surface area contributed by atoms with Crippen molar-refractivity contribution in [2.75, 3.05) is 6.54 Å². The molecule has 1 atom stereocenters. The quantitative estimate of drug-likeness (QED) is 0.832. The van der Waals surface area contributed by atoms with Crippen LogP contribution in [0.15, 0.2) is 24.3 Å². The minimum Gasteiger partial charge on any atom is -0.481 e. The summed E-state index contributed by atoms with van der Waals surface area (Å²) in [5, 5.41) is 11.3. The monoisotopic (exact) mass is 218 g/mol. The predicted octanol–water partition coefficient (Wildman–Crippen LogP) is 1.46. The molecular weight excluding hydrogens is 204 g/mol. The van der Waals surface area contributed by atoms with E-state index >= 15 is 0 Å². The Kier molecular flexibility index (Phi) is 4.34. The van der Waals surface area contributed by atoms with Gasteiger partial charge in [0.25, 0.3) is 5.91 Å². The van der Waals surface area contributed by atoms with E-state index in [0.29, 0.717) is 17.9 Å². The van der Waals surface area contributed by atoms with Crippen LogP contribution in [0.4, 0.5) is 0 Å². The lowest BCUT2D eigenvalue weighted by atomic mass is 10.2. The van der Waals surface area contributed by atoms with Gasteiger partial charge in [-0.3, -0.25) is 4.79 Å². The number of rotatable bonds is 4. The highest BCUT2D eigenvalue weighted by atomic mass is 16.5. The molecule has 1 aromatic carbocycles. The van der Waals surface area contributed by atoms with Crippen molar-refractivity contribution in [1.29, 1.82) is 5.26 Å². The summed E-state index contributed by atoms with van der Waals surface area (Å²) in [6, 6.07) is 8.67. The smallest absolute Gasteiger partial charge is 0.260 e. The first-order chi connectivity index (χ1) is 7.67. The van der Waals surface area contributed by atoms with Gasteiger partial charge < -0.3 is 10.1 Å². The third kappa shape index (κ3) is 3.28. The van der Waals surface area contributed by atoms with E-state index in [0.717, 1.165) is 0 Å². The SMILES string of the molecule is CCNC(=O)[C@H](C)Oc1ccc(C#N)cc1. The molecule has 0 bridgehead atoms. The van der Waals surface area contributed by atoms with Crippen LogP contribution >= 0.6 is 0 Å². The molecule has 0 saturated carbocycles. The summed E-state index contributed by atoms with van der Waals surface area (Å²) in [5.41, 5.74) is 0.568. The number of nitrogens with zero attached hydrogens (tertiary/aromatic N) is 1. The van der Waals surface area contributed by atoms with Crippen molar-refractivity contribution in [3.05, 3.63) is 29.8 Å². The lowest BCUT2D eigenvalue weighted by Crippen LogP contribution is -2.36. The molecule has 0 radical (unpaired) electrons. The Hall–Kier alpha value is -2.02. The van der Waals surface area contributed by atoms with E-state index in [1.165, 1.54) is 0 Å². The maximum atomic E-state index is 11.4. The molecule has 0 aliphatic carbocycles. The number of nitrogens with one attached hydrogen (secondary N) is 1.